The van der Waals surface area contributed by atoms with E-state index in [-0.39, 0.29) is 17.0 Å². The second kappa shape index (κ2) is 9.52. The lowest BCUT2D eigenvalue weighted by atomic mass is 9.92. The Hall–Kier alpha value is -2.64. The predicted octanol–water partition coefficient (Wildman–Crippen LogP) is 2.95. The molecular formula is C20H23ClN2O5. The van der Waals surface area contributed by atoms with Gasteiger partial charge in [-0.15, -0.1) is 11.6 Å². The van der Waals surface area contributed by atoms with Crippen LogP contribution in [-0.4, -0.2) is 54.8 Å². The molecule has 1 unspecified atom stereocenters. The van der Waals surface area contributed by atoms with E-state index in [1.165, 1.54) is 14.2 Å². The molecule has 1 aromatic carbocycles. The van der Waals surface area contributed by atoms with E-state index in [1.807, 2.05) is 0 Å². The Morgan fingerprint density at radius 1 is 1.07 bits per heavy atom. The van der Waals surface area contributed by atoms with Gasteiger partial charge >= 0.3 is 11.9 Å². The number of anilines is 1. The molecule has 0 spiro atoms. The highest BCUT2D eigenvalue weighted by Crippen LogP contribution is 2.33. The summed E-state index contributed by atoms with van der Waals surface area (Å²) in [4.78, 5) is 29.1. The zero-order chi connectivity index (χ0) is 20.8. The summed E-state index contributed by atoms with van der Waals surface area (Å²) < 4.78 is 9.81. The summed E-state index contributed by atoms with van der Waals surface area (Å²) >= 11 is 5.59. The normalized spacial score (nSPS) is 11.6. The molecule has 0 fully saturated rings. The van der Waals surface area contributed by atoms with Crippen LogP contribution < -0.4 is 5.32 Å². The number of benzene rings is 1. The van der Waals surface area contributed by atoms with Gasteiger partial charge in [0.25, 0.3) is 0 Å². The fourth-order valence-electron chi connectivity index (χ4n) is 2.89. The summed E-state index contributed by atoms with van der Waals surface area (Å²) in [5, 5.41) is 12.6. The Morgan fingerprint density at radius 2 is 1.57 bits per heavy atom. The zero-order valence-corrected chi connectivity index (χ0v) is 17.0. The van der Waals surface area contributed by atoms with Crippen molar-refractivity contribution >= 4 is 29.2 Å². The molecule has 28 heavy (non-hydrogen) atoms. The SMILES string of the molecule is COC(=O)c1c(C)nc(C)c(C(=O)OC)c1-c1ccc(NCC(O)CCl)cc1. The minimum Gasteiger partial charge on any atom is -0.465 e. The van der Waals surface area contributed by atoms with Crippen LogP contribution in [0.25, 0.3) is 11.1 Å². The summed E-state index contributed by atoms with van der Waals surface area (Å²) in [5.41, 5.74) is 3.15. The van der Waals surface area contributed by atoms with Crippen LogP contribution >= 0.6 is 11.6 Å². The first-order chi connectivity index (χ1) is 13.3. The van der Waals surface area contributed by atoms with Gasteiger partial charge in [-0.2, -0.15) is 0 Å². The number of halogens is 1. The number of aliphatic hydroxyl groups is 1. The van der Waals surface area contributed by atoms with Gasteiger partial charge in [-0.05, 0) is 31.5 Å². The fourth-order valence-corrected chi connectivity index (χ4v) is 3.00. The van der Waals surface area contributed by atoms with E-state index in [1.54, 1.807) is 38.1 Å². The molecule has 2 N–H and O–H groups in total. The molecule has 0 aliphatic rings. The predicted molar refractivity (Wildman–Crippen MR) is 107 cm³/mol. The molecule has 1 heterocycles. The lowest BCUT2D eigenvalue weighted by Crippen LogP contribution is -2.20. The number of nitrogens with zero attached hydrogens (tertiary/aromatic N) is 1. The van der Waals surface area contributed by atoms with Crippen molar-refractivity contribution in [3.05, 3.63) is 46.8 Å². The van der Waals surface area contributed by atoms with Crippen LogP contribution in [0, 0.1) is 13.8 Å². The van der Waals surface area contributed by atoms with Crippen LogP contribution in [0.2, 0.25) is 0 Å². The minimum atomic E-state index is -0.663. The van der Waals surface area contributed by atoms with E-state index in [0.717, 1.165) is 5.69 Å². The summed E-state index contributed by atoms with van der Waals surface area (Å²) in [6.45, 7) is 3.68. The van der Waals surface area contributed by atoms with E-state index < -0.39 is 18.0 Å². The third-order valence-corrected chi connectivity index (χ3v) is 4.59. The molecule has 7 nitrogen and oxygen atoms in total. The zero-order valence-electron chi connectivity index (χ0n) is 16.2. The molecule has 0 saturated carbocycles. The Labute approximate surface area is 168 Å². The molecule has 2 aromatic rings. The van der Waals surface area contributed by atoms with Gasteiger partial charge in [0.1, 0.15) is 0 Å². The quantitative estimate of drug-likeness (QED) is 0.538. The molecule has 0 bridgehead atoms. The summed E-state index contributed by atoms with van der Waals surface area (Å²) in [7, 11) is 2.55. The third kappa shape index (κ3) is 4.61. The molecule has 0 amide bonds. The number of ether oxygens (including phenoxy) is 2. The summed E-state index contributed by atoms with van der Waals surface area (Å²) in [6.07, 6.45) is -0.663. The van der Waals surface area contributed by atoms with E-state index in [4.69, 9.17) is 21.1 Å². The van der Waals surface area contributed by atoms with Gasteiger partial charge in [-0.1, -0.05) is 12.1 Å². The highest BCUT2D eigenvalue weighted by Gasteiger charge is 2.27. The second-order valence-corrected chi connectivity index (χ2v) is 6.47. The molecule has 0 aliphatic carbocycles. The van der Waals surface area contributed by atoms with Crippen LogP contribution in [0.1, 0.15) is 32.1 Å². The topological polar surface area (TPSA) is 97.8 Å². The molecule has 0 radical (unpaired) electrons. The standard InChI is InChI=1S/C20H23ClN2O5/c1-11-16(19(25)27-3)18(17(12(2)23-11)20(26)28-4)13-5-7-14(8-6-13)22-10-15(24)9-21/h5-8,15,22,24H,9-10H2,1-4H3. The van der Waals surface area contributed by atoms with Crippen LogP contribution in [0.3, 0.4) is 0 Å². The average Bonchev–Trinajstić information content (AvgIpc) is 2.70. The van der Waals surface area contributed by atoms with Crippen LogP contribution in [0.4, 0.5) is 5.69 Å². The van der Waals surface area contributed by atoms with Gasteiger partial charge in [0.15, 0.2) is 0 Å². The van der Waals surface area contributed by atoms with Crippen molar-refractivity contribution in [2.45, 2.75) is 20.0 Å². The molecule has 0 saturated heterocycles. The number of aliphatic hydroxyl groups excluding tert-OH is 1. The van der Waals surface area contributed by atoms with Crippen molar-refractivity contribution in [3.8, 4) is 11.1 Å². The monoisotopic (exact) mass is 406 g/mol. The molecule has 150 valence electrons. The first-order valence-electron chi connectivity index (χ1n) is 8.60. The molecule has 1 aromatic heterocycles. The summed E-state index contributed by atoms with van der Waals surface area (Å²) in [6, 6.07) is 7.10. The Balaban J connectivity index is 2.59. The van der Waals surface area contributed by atoms with Gasteiger partial charge in [0, 0.05) is 17.8 Å². The van der Waals surface area contributed by atoms with Gasteiger partial charge in [-0.3, -0.25) is 4.98 Å². The number of pyridine rings is 1. The van der Waals surface area contributed by atoms with Gasteiger partial charge < -0.3 is 19.9 Å². The van der Waals surface area contributed by atoms with Gasteiger partial charge in [0.2, 0.25) is 0 Å². The average molecular weight is 407 g/mol. The van der Waals surface area contributed by atoms with E-state index in [9.17, 15) is 14.7 Å². The smallest absolute Gasteiger partial charge is 0.340 e. The Morgan fingerprint density at radius 3 is 2.00 bits per heavy atom. The molecular weight excluding hydrogens is 384 g/mol. The third-order valence-electron chi connectivity index (χ3n) is 4.23. The maximum Gasteiger partial charge on any atom is 0.340 e. The number of carbonyl (C=O) groups is 2. The lowest BCUT2D eigenvalue weighted by molar-refractivity contribution is 0.0599. The number of rotatable bonds is 7. The van der Waals surface area contributed by atoms with Gasteiger partial charge in [-0.25, -0.2) is 9.59 Å². The van der Waals surface area contributed by atoms with Crippen LogP contribution in [-0.2, 0) is 9.47 Å². The maximum absolute atomic E-state index is 12.4. The van der Waals surface area contributed by atoms with Crippen molar-refractivity contribution in [3.63, 3.8) is 0 Å². The number of esters is 2. The van der Waals surface area contributed by atoms with Crippen molar-refractivity contribution in [1.82, 2.24) is 4.98 Å². The number of carbonyl (C=O) groups excluding carboxylic acids is 2. The maximum atomic E-state index is 12.4. The van der Waals surface area contributed by atoms with Crippen molar-refractivity contribution in [2.24, 2.45) is 0 Å². The second-order valence-electron chi connectivity index (χ2n) is 6.16. The molecule has 0 aliphatic heterocycles. The first-order valence-corrected chi connectivity index (χ1v) is 9.13. The molecule has 1 atom stereocenters. The fraction of sp³-hybridized carbons (Fsp3) is 0.350. The largest absolute Gasteiger partial charge is 0.465 e. The van der Waals surface area contributed by atoms with Crippen molar-refractivity contribution in [1.29, 1.82) is 0 Å². The number of alkyl halides is 1. The van der Waals surface area contributed by atoms with Crippen LogP contribution in [0.15, 0.2) is 24.3 Å². The number of methoxy groups -OCH3 is 2. The Kier molecular flexibility index (Phi) is 7.37. The number of hydrogen-bond donors (Lipinski definition) is 2. The minimum absolute atomic E-state index is 0.131. The van der Waals surface area contributed by atoms with Gasteiger partial charge in [0.05, 0.1) is 48.7 Å². The highest BCUT2D eigenvalue weighted by molar-refractivity contribution is 6.18. The van der Waals surface area contributed by atoms with Crippen molar-refractivity contribution in [2.75, 3.05) is 32.0 Å². The van der Waals surface area contributed by atoms with E-state index in [0.29, 0.717) is 29.1 Å². The summed E-state index contributed by atoms with van der Waals surface area (Å²) in [5.74, 6) is -1.04. The molecule has 8 heteroatoms. The first kappa shape index (κ1) is 21.7. The van der Waals surface area contributed by atoms with E-state index in [2.05, 4.69) is 10.3 Å². The molecule has 2 rings (SSSR count). The van der Waals surface area contributed by atoms with Crippen LogP contribution in [0.5, 0.6) is 0 Å². The van der Waals surface area contributed by atoms with Crippen molar-refractivity contribution < 1.29 is 24.2 Å². The number of hydrogen-bond acceptors (Lipinski definition) is 7. The number of nitrogens with one attached hydrogen (secondary N) is 1. The van der Waals surface area contributed by atoms with E-state index >= 15 is 0 Å². The number of aryl methyl sites for hydroxylation is 2. The number of aromatic nitrogens is 1. The highest BCUT2D eigenvalue weighted by atomic mass is 35.5. The lowest BCUT2D eigenvalue weighted by Gasteiger charge is -2.17. The Bertz CT molecular complexity index is 828.